The normalized spacial score (nSPS) is 23.8. The minimum Gasteiger partial charge on any atom is -0.330 e. The van der Waals surface area contributed by atoms with E-state index in [1.54, 1.807) is 11.7 Å². The smallest absolute Gasteiger partial charge is 0.176 e. The number of hydrogen-bond donors (Lipinski definition) is 3. The number of hydrogen-bond acceptors (Lipinski definition) is 5. The maximum atomic E-state index is 12.9. The molecule has 1 aromatic heterocycles. The molecule has 0 aromatic carbocycles. The Labute approximate surface area is 136 Å². The van der Waals surface area contributed by atoms with Gasteiger partial charge < -0.3 is 11.1 Å². The average Bonchev–Trinajstić information content (AvgIpc) is 3.13. The van der Waals surface area contributed by atoms with Crippen molar-refractivity contribution in [3.63, 3.8) is 0 Å². The first kappa shape index (κ1) is 16.1. The fourth-order valence-electron chi connectivity index (χ4n) is 3.16. The lowest BCUT2D eigenvalue weighted by atomic mass is 9.95. The van der Waals surface area contributed by atoms with Crippen LogP contribution >= 0.6 is 0 Å². The molecular weight excluding hydrogens is 293 g/mol. The summed E-state index contributed by atoms with van der Waals surface area (Å²) in [6.07, 6.45) is 12.9. The van der Waals surface area contributed by atoms with Gasteiger partial charge in [0.15, 0.2) is 5.82 Å². The van der Waals surface area contributed by atoms with Gasteiger partial charge >= 0.3 is 0 Å². The van der Waals surface area contributed by atoms with Gasteiger partial charge in [-0.05, 0) is 56.7 Å². The van der Waals surface area contributed by atoms with E-state index in [9.17, 15) is 4.48 Å². The van der Waals surface area contributed by atoms with E-state index in [0.717, 1.165) is 30.7 Å². The average molecular weight is 317 g/mol. The van der Waals surface area contributed by atoms with Crippen LogP contribution in [0.25, 0.3) is 5.57 Å². The summed E-state index contributed by atoms with van der Waals surface area (Å²) >= 11 is 0. The minimum atomic E-state index is 0.229. The molecule has 3 rings (SSSR count). The van der Waals surface area contributed by atoms with Crippen LogP contribution < -0.4 is 16.6 Å². The number of aryl methyl sites for hydroxylation is 1. The highest BCUT2D eigenvalue weighted by Crippen LogP contribution is 2.24. The van der Waals surface area contributed by atoms with Crippen molar-refractivity contribution in [2.75, 3.05) is 18.6 Å². The van der Waals surface area contributed by atoms with Crippen LogP contribution in [-0.4, -0.2) is 29.1 Å². The summed E-state index contributed by atoms with van der Waals surface area (Å²) in [4.78, 5) is 8.82. The lowest BCUT2D eigenvalue weighted by Crippen LogP contribution is -2.22. The molecule has 0 saturated carbocycles. The molecular formula is C17H24FN5. The molecule has 2 aliphatic rings. The molecule has 0 spiro atoms. The predicted molar refractivity (Wildman–Crippen MR) is 90.4 cm³/mol. The highest BCUT2D eigenvalue weighted by atomic mass is 19.2. The van der Waals surface area contributed by atoms with E-state index in [1.165, 1.54) is 12.8 Å². The topological polar surface area (TPSA) is 75.9 Å². The van der Waals surface area contributed by atoms with Gasteiger partial charge in [0.25, 0.3) is 0 Å². The monoisotopic (exact) mass is 317 g/mol. The van der Waals surface area contributed by atoms with Gasteiger partial charge in [0.1, 0.15) is 0 Å². The number of nitrogens with two attached hydrogens (primary N) is 1. The number of aromatic nitrogens is 2. The molecule has 1 aliphatic carbocycles. The van der Waals surface area contributed by atoms with Crippen molar-refractivity contribution in [2.45, 2.75) is 38.1 Å². The van der Waals surface area contributed by atoms with Crippen molar-refractivity contribution in [3.8, 4) is 0 Å². The van der Waals surface area contributed by atoms with E-state index in [2.05, 4.69) is 27.4 Å². The first-order valence-electron chi connectivity index (χ1n) is 8.35. The summed E-state index contributed by atoms with van der Waals surface area (Å²) in [6.45, 7) is 1.72. The molecule has 0 radical (unpaired) electrons. The first-order chi connectivity index (χ1) is 11.3. The molecule has 4 N–H and O–H groups in total. The summed E-state index contributed by atoms with van der Waals surface area (Å²) in [5.74, 6) is 0.623. The van der Waals surface area contributed by atoms with Gasteiger partial charge in [-0.15, -0.1) is 4.48 Å². The Morgan fingerprint density at radius 3 is 3.00 bits per heavy atom. The second-order valence-electron chi connectivity index (χ2n) is 6.23. The molecule has 2 heterocycles. The lowest BCUT2D eigenvalue weighted by molar-refractivity contribution is 0.551. The number of allylic oxidation sites excluding steroid dienone is 3. The van der Waals surface area contributed by atoms with Crippen LogP contribution in [0.2, 0.25) is 0 Å². The Hall–Kier alpha value is -1.79. The number of anilines is 1. The number of nitrogens with zero attached hydrogens (tertiary/aromatic N) is 2. The van der Waals surface area contributed by atoms with E-state index in [4.69, 9.17) is 5.73 Å². The SMILES string of the molecule is NCC1C=CC(c2cnc(NF)c(CCC3CCCN3)n2)=CC1. The van der Waals surface area contributed by atoms with Gasteiger partial charge in [0.05, 0.1) is 17.6 Å². The Bertz CT molecular complexity index is 593. The van der Waals surface area contributed by atoms with Crippen LogP contribution in [0.3, 0.4) is 0 Å². The van der Waals surface area contributed by atoms with Crippen molar-refractivity contribution >= 4 is 11.4 Å². The van der Waals surface area contributed by atoms with Crippen LogP contribution in [0.5, 0.6) is 0 Å². The molecule has 124 valence electrons. The van der Waals surface area contributed by atoms with Gasteiger partial charge in [-0.1, -0.05) is 18.2 Å². The van der Waals surface area contributed by atoms with Crippen molar-refractivity contribution in [1.82, 2.24) is 15.3 Å². The molecule has 5 nitrogen and oxygen atoms in total. The molecule has 23 heavy (non-hydrogen) atoms. The summed E-state index contributed by atoms with van der Waals surface area (Å²) in [5, 5.41) is 3.46. The Kier molecular flexibility index (Phi) is 5.35. The quantitative estimate of drug-likeness (QED) is 0.702. The van der Waals surface area contributed by atoms with Crippen LogP contribution in [0.1, 0.15) is 37.1 Å². The lowest BCUT2D eigenvalue weighted by Gasteiger charge is -2.15. The molecule has 1 fully saturated rings. The summed E-state index contributed by atoms with van der Waals surface area (Å²) in [5.41, 5.74) is 9.87. The Balaban J connectivity index is 1.73. The fraction of sp³-hybridized carbons (Fsp3) is 0.529. The van der Waals surface area contributed by atoms with Crippen LogP contribution in [-0.2, 0) is 6.42 Å². The first-order valence-corrected chi connectivity index (χ1v) is 8.35. The number of nitrogens with one attached hydrogen (secondary N) is 2. The maximum Gasteiger partial charge on any atom is 0.176 e. The molecule has 0 bridgehead atoms. The third-order valence-electron chi connectivity index (χ3n) is 4.61. The Morgan fingerprint density at radius 1 is 1.43 bits per heavy atom. The van der Waals surface area contributed by atoms with Gasteiger partial charge in [0.2, 0.25) is 0 Å². The number of rotatable bonds is 6. The fourth-order valence-corrected chi connectivity index (χ4v) is 3.16. The van der Waals surface area contributed by atoms with Crippen molar-refractivity contribution < 1.29 is 4.48 Å². The minimum absolute atomic E-state index is 0.229. The molecule has 6 heteroatoms. The zero-order valence-corrected chi connectivity index (χ0v) is 13.3. The van der Waals surface area contributed by atoms with Crippen LogP contribution in [0.15, 0.2) is 24.4 Å². The highest BCUT2D eigenvalue weighted by Gasteiger charge is 2.17. The molecule has 2 unspecified atom stereocenters. The van der Waals surface area contributed by atoms with E-state index in [-0.39, 0.29) is 5.82 Å². The predicted octanol–water partition coefficient (Wildman–Crippen LogP) is 2.38. The van der Waals surface area contributed by atoms with Gasteiger partial charge in [-0.25, -0.2) is 15.5 Å². The maximum absolute atomic E-state index is 12.9. The van der Waals surface area contributed by atoms with Crippen molar-refractivity contribution in [2.24, 2.45) is 11.7 Å². The van der Waals surface area contributed by atoms with Crippen molar-refractivity contribution in [3.05, 3.63) is 35.8 Å². The molecule has 1 saturated heterocycles. The second-order valence-corrected chi connectivity index (χ2v) is 6.23. The van der Waals surface area contributed by atoms with Crippen LogP contribution in [0.4, 0.5) is 10.3 Å². The number of halogens is 1. The van der Waals surface area contributed by atoms with E-state index in [0.29, 0.717) is 30.6 Å². The zero-order valence-electron chi connectivity index (χ0n) is 13.3. The standard InChI is InChI=1S/C17H24FN5/c18-23-17-15(8-7-14-2-1-9-20-14)22-16(11-21-17)13-5-3-12(10-19)4-6-13/h3,5-6,11-12,14,20H,1-2,4,7-10,19H2,(H,21,23). The van der Waals surface area contributed by atoms with Gasteiger partial charge in [-0.2, -0.15) is 0 Å². The van der Waals surface area contributed by atoms with E-state index >= 15 is 0 Å². The summed E-state index contributed by atoms with van der Waals surface area (Å²) in [6, 6.07) is 0.507. The molecule has 1 aromatic rings. The van der Waals surface area contributed by atoms with E-state index in [1.807, 2.05) is 6.08 Å². The largest absolute Gasteiger partial charge is 0.330 e. The third-order valence-corrected chi connectivity index (χ3v) is 4.61. The highest BCUT2D eigenvalue weighted by molar-refractivity contribution is 5.72. The van der Waals surface area contributed by atoms with E-state index < -0.39 is 0 Å². The van der Waals surface area contributed by atoms with Crippen LogP contribution in [0, 0.1) is 5.92 Å². The van der Waals surface area contributed by atoms with Crippen molar-refractivity contribution in [1.29, 1.82) is 0 Å². The summed E-state index contributed by atoms with van der Waals surface area (Å²) in [7, 11) is 0. The Morgan fingerprint density at radius 2 is 2.35 bits per heavy atom. The molecule has 1 aliphatic heterocycles. The zero-order chi connectivity index (χ0) is 16.1. The second kappa shape index (κ2) is 7.66. The molecule has 2 atom stereocenters. The molecule has 0 amide bonds. The van der Waals surface area contributed by atoms with Gasteiger partial charge in [-0.3, -0.25) is 0 Å². The summed E-state index contributed by atoms with van der Waals surface area (Å²) < 4.78 is 12.9. The van der Waals surface area contributed by atoms with Gasteiger partial charge in [0, 0.05) is 6.04 Å². The third kappa shape index (κ3) is 3.95.